The van der Waals surface area contributed by atoms with Crippen LogP contribution < -0.4 is 5.32 Å². The molecule has 0 aliphatic heterocycles. The molecule has 0 unspecified atom stereocenters. The number of carbonyl (C=O) groups is 1. The van der Waals surface area contributed by atoms with Crippen molar-refractivity contribution in [2.45, 2.75) is 17.9 Å². The zero-order valence-electron chi connectivity index (χ0n) is 14.3. The monoisotopic (exact) mass is 369 g/mol. The maximum atomic E-state index is 12.9. The molecule has 1 aromatic heterocycles. The lowest BCUT2D eigenvalue weighted by atomic mass is 10.2. The van der Waals surface area contributed by atoms with Crippen LogP contribution in [-0.2, 0) is 17.8 Å². The molecule has 4 nitrogen and oxygen atoms in total. The largest absolute Gasteiger partial charge is 0.355 e. The number of hydrogen-bond acceptors (Lipinski definition) is 3. The lowest BCUT2D eigenvalue weighted by molar-refractivity contribution is -0.118. The Hall–Kier alpha value is -2.60. The fourth-order valence-corrected chi connectivity index (χ4v) is 3.27. The Bertz CT molecular complexity index is 834. The highest BCUT2D eigenvalue weighted by molar-refractivity contribution is 8.00. The van der Waals surface area contributed by atoms with E-state index >= 15 is 0 Å². The molecule has 0 aliphatic carbocycles. The number of benzene rings is 2. The third-order valence-corrected chi connectivity index (χ3v) is 4.86. The van der Waals surface area contributed by atoms with Crippen molar-refractivity contribution in [2.24, 2.45) is 0 Å². The predicted octanol–water partition coefficient (Wildman–Crippen LogP) is 3.52. The van der Waals surface area contributed by atoms with Gasteiger partial charge in [0.25, 0.3) is 0 Å². The summed E-state index contributed by atoms with van der Waals surface area (Å²) in [5.41, 5.74) is 1.21. The van der Waals surface area contributed by atoms with Crippen LogP contribution >= 0.6 is 11.8 Å². The van der Waals surface area contributed by atoms with E-state index in [1.54, 1.807) is 18.3 Å². The predicted molar refractivity (Wildman–Crippen MR) is 102 cm³/mol. The molecule has 3 rings (SSSR count). The van der Waals surface area contributed by atoms with Crippen molar-refractivity contribution in [3.05, 3.63) is 84.2 Å². The first kappa shape index (κ1) is 18.2. The van der Waals surface area contributed by atoms with Gasteiger partial charge in [-0.3, -0.25) is 4.79 Å². The van der Waals surface area contributed by atoms with Crippen molar-refractivity contribution in [2.75, 3.05) is 12.3 Å². The Morgan fingerprint density at radius 2 is 1.88 bits per heavy atom. The van der Waals surface area contributed by atoms with Gasteiger partial charge in [0.2, 0.25) is 5.91 Å². The van der Waals surface area contributed by atoms with Crippen LogP contribution in [0.5, 0.6) is 0 Å². The molecule has 2 aromatic carbocycles. The minimum atomic E-state index is -0.273. The number of rotatable bonds is 8. The maximum absolute atomic E-state index is 12.9. The molecule has 134 valence electrons. The van der Waals surface area contributed by atoms with Gasteiger partial charge < -0.3 is 9.88 Å². The molecular weight excluding hydrogens is 349 g/mol. The van der Waals surface area contributed by atoms with Crippen LogP contribution in [0, 0.1) is 5.82 Å². The molecule has 6 heteroatoms. The Morgan fingerprint density at radius 1 is 1.12 bits per heavy atom. The van der Waals surface area contributed by atoms with E-state index in [4.69, 9.17) is 0 Å². The van der Waals surface area contributed by atoms with E-state index < -0.39 is 0 Å². The number of thioether (sulfide) groups is 1. The fourth-order valence-electron chi connectivity index (χ4n) is 2.54. The molecule has 0 aliphatic rings. The van der Waals surface area contributed by atoms with E-state index in [9.17, 15) is 9.18 Å². The van der Waals surface area contributed by atoms with Gasteiger partial charge in [-0.2, -0.15) is 0 Å². The number of halogens is 1. The van der Waals surface area contributed by atoms with Gasteiger partial charge in [-0.05, 0) is 29.8 Å². The van der Waals surface area contributed by atoms with Crippen LogP contribution in [0.3, 0.4) is 0 Å². The van der Waals surface area contributed by atoms with Crippen LogP contribution in [0.4, 0.5) is 4.39 Å². The molecule has 26 heavy (non-hydrogen) atoms. The SMILES string of the molecule is O=C(CSc1ccc(F)cc1)NCCc1nccn1Cc1ccccc1. The molecule has 0 bridgehead atoms. The quantitative estimate of drug-likeness (QED) is 0.618. The van der Waals surface area contributed by atoms with Crippen LogP contribution in [0.2, 0.25) is 0 Å². The minimum Gasteiger partial charge on any atom is -0.355 e. The summed E-state index contributed by atoms with van der Waals surface area (Å²) < 4.78 is 15.0. The number of hydrogen-bond donors (Lipinski definition) is 1. The summed E-state index contributed by atoms with van der Waals surface area (Å²) in [5, 5.41) is 2.91. The lowest BCUT2D eigenvalue weighted by Crippen LogP contribution is -2.28. The Morgan fingerprint density at radius 3 is 2.65 bits per heavy atom. The summed E-state index contributed by atoms with van der Waals surface area (Å²) in [6.07, 6.45) is 4.41. The number of imidazole rings is 1. The molecular formula is C20H20FN3OS. The summed E-state index contributed by atoms with van der Waals surface area (Å²) in [5.74, 6) is 0.940. The Kier molecular flexibility index (Phi) is 6.44. The number of aromatic nitrogens is 2. The van der Waals surface area contributed by atoms with Gasteiger partial charge >= 0.3 is 0 Å². The van der Waals surface area contributed by atoms with Gasteiger partial charge in [0.1, 0.15) is 11.6 Å². The van der Waals surface area contributed by atoms with Gasteiger partial charge in [-0.15, -0.1) is 11.8 Å². The highest BCUT2D eigenvalue weighted by Crippen LogP contribution is 2.17. The highest BCUT2D eigenvalue weighted by Gasteiger charge is 2.06. The average molecular weight is 369 g/mol. The first-order valence-corrected chi connectivity index (χ1v) is 9.38. The normalized spacial score (nSPS) is 10.7. The van der Waals surface area contributed by atoms with E-state index in [0.717, 1.165) is 17.3 Å². The summed E-state index contributed by atoms with van der Waals surface area (Å²) in [6.45, 7) is 1.30. The summed E-state index contributed by atoms with van der Waals surface area (Å²) >= 11 is 1.39. The molecule has 0 atom stereocenters. The topological polar surface area (TPSA) is 46.9 Å². The van der Waals surface area contributed by atoms with E-state index in [-0.39, 0.29) is 11.7 Å². The molecule has 0 radical (unpaired) electrons. The maximum Gasteiger partial charge on any atom is 0.230 e. The molecule has 3 aromatic rings. The van der Waals surface area contributed by atoms with Crippen LogP contribution in [0.15, 0.2) is 71.9 Å². The number of carbonyl (C=O) groups excluding carboxylic acids is 1. The third-order valence-electron chi connectivity index (χ3n) is 3.85. The molecule has 1 amide bonds. The van der Waals surface area contributed by atoms with E-state index in [1.165, 1.54) is 29.5 Å². The third kappa shape index (κ3) is 5.46. The number of amides is 1. The van der Waals surface area contributed by atoms with Gasteiger partial charge in [0, 0.05) is 36.8 Å². The second-order valence-corrected chi connectivity index (χ2v) is 6.85. The van der Waals surface area contributed by atoms with Crippen LogP contribution in [-0.4, -0.2) is 27.8 Å². The van der Waals surface area contributed by atoms with Crippen molar-refractivity contribution in [3.63, 3.8) is 0 Å². The van der Waals surface area contributed by atoms with E-state index in [0.29, 0.717) is 18.7 Å². The number of nitrogens with one attached hydrogen (secondary N) is 1. The Balaban J connectivity index is 1.42. The molecule has 0 fully saturated rings. The first-order valence-electron chi connectivity index (χ1n) is 8.40. The van der Waals surface area contributed by atoms with E-state index in [1.807, 2.05) is 24.4 Å². The lowest BCUT2D eigenvalue weighted by Gasteiger charge is -2.09. The smallest absolute Gasteiger partial charge is 0.230 e. The van der Waals surface area contributed by atoms with Crippen molar-refractivity contribution in [1.82, 2.24) is 14.9 Å². The van der Waals surface area contributed by atoms with Gasteiger partial charge in [0.05, 0.1) is 5.75 Å². The zero-order chi connectivity index (χ0) is 18.2. The minimum absolute atomic E-state index is 0.0412. The second-order valence-electron chi connectivity index (χ2n) is 5.80. The average Bonchev–Trinajstić information content (AvgIpc) is 3.09. The zero-order valence-corrected chi connectivity index (χ0v) is 15.1. The van der Waals surface area contributed by atoms with Gasteiger partial charge in [0.15, 0.2) is 0 Å². The van der Waals surface area contributed by atoms with Crippen LogP contribution in [0.1, 0.15) is 11.4 Å². The van der Waals surface area contributed by atoms with Crippen LogP contribution in [0.25, 0.3) is 0 Å². The van der Waals surface area contributed by atoms with Crippen molar-refractivity contribution in [3.8, 4) is 0 Å². The number of nitrogens with zero attached hydrogens (tertiary/aromatic N) is 2. The summed E-state index contributed by atoms with van der Waals surface area (Å²) in [7, 11) is 0. The van der Waals surface area contributed by atoms with Crippen molar-refractivity contribution < 1.29 is 9.18 Å². The van der Waals surface area contributed by atoms with Crippen molar-refractivity contribution >= 4 is 17.7 Å². The Labute approximate surface area is 156 Å². The fraction of sp³-hybridized carbons (Fsp3) is 0.200. The summed E-state index contributed by atoms with van der Waals surface area (Å²) in [6, 6.07) is 16.3. The molecule has 1 heterocycles. The molecule has 0 spiro atoms. The van der Waals surface area contributed by atoms with Gasteiger partial charge in [-0.25, -0.2) is 9.37 Å². The summed E-state index contributed by atoms with van der Waals surface area (Å²) in [4.78, 5) is 17.2. The second kappa shape index (κ2) is 9.20. The molecule has 0 saturated carbocycles. The highest BCUT2D eigenvalue weighted by atomic mass is 32.2. The molecule has 0 saturated heterocycles. The van der Waals surface area contributed by atoms with Gasteiger partial charge in [-0.1, -0.05) is 30.3 Å². The standard InChI is InChI=1S/C20H20FN3OS/c21-17-6-8-18(9-7-17)26-15-20(25)23-11-10-19-22-12-13-24(19)14-16-4-2-1-3-5-16/h1-9,12-13H,10-11,14-15H2,(H,23,25). The van der Waals surface area contributed by atoms with Crippen molar-refractivity contribution in [1.29, 1.82) is 0 Å². The van der Waals surface area contributed by atoms with E-state index in [2.05, 4.69) is 27.0 Å². The molecule has 1 N–H and O–H groups in total. The first-order chi connectivity index (χ1) is 12.7.